The van der Waals surface area contributed by atoms with Crippen molar-refractivity contribution in [2.24, 2.45) is 5.73 Å². The molecule has 4 nitrogen and oxygen atoms in total. The van der Waals surface area contributed by atoms with E-state index in [9.17, 15) is 4.79 Å². The van der Waals surface area contributed by atoms with Gasteiger partial charge < -0.3 is 11.1 Å². The minimum Gasteiger partial charge on any atom is -0.354 e. The van der Waals surface area contributed by atoms with Gasteiger partial charge in [-0.3, -0.25) is 4.79 Å². The lowest BCUT2D eigenvalue weighted by molar-refractivity contribution is -0.121. The van der Waals surface area contributed by atoms with Crippen LogP contribution in [-0.4, -0.2) is 23.5 Å². The average Bonchev–Trinajstić information content (AvgIpc) is 2.80. The molecule has 1 aromatic carbocycles. The van der Waals surface area contributed by atoms with Crippen LogP contribution in [0.5, 0.6) is 0 Å². The van der Waals surface area contributed by atoms with Crippen LogP contribution in [0.4, 0.5) is 0 Å². The van der Waals surface area contributed by atoms with Crippen molar-refractivity contribution in [3.63, 3.8) is 0 Å². The summed E-state index contributed by atoms with van der Waals surface area (Å²) < 4.78 is 0. The summed E-state index contributed by atoms with van der Waals surface area (Å²) in [6.07, 6.45) is 0.733. The van der Waals surface area contributed by atoms with Crippen molar-refractivity contribution in [1.29, 1.82) is 0 Å². The van der Waals surface area contributed by atoms with Gasteiger partial charge in [-0.2, -0.15) is 0 Å². The second kappa shape index (κ2) is 8.12. The second-order valence-corrected chi connectivity index (χ2v) is 6.00. The molecule has 1 atom stereocenters. The molecule has 0 radical (unpaired) electrons. The Balaban J connectivity index is 0.00000220. The number of halogens is 1. The first-order valence-electron chi connectivity index (χ1n) is 6.63. The number of aryl methyl sites for hydroxylation is 1. The summed E-state index contributed by atoms with van der Waals surface area (Å²) in [6, 6.07) is 9.67. The number of benzene rings is 1. The normalized spacial score (nSPS) is 11.6. The molecule has 1 amide bonds. The third-order valence-electron chi connectivity index (χ3n) is 2.94. The van der Waals surface area contributed by atoms with E-state index < -0.39 is 6.04 Å². The molecule has 2 rings (SSSR count). The number of nitrogens with zero attached hydrogens (tertiary/aromatic N) is 1. The lowest BCUT2D eigenvalue weighted by Gasteiger charge is -2.05. The number of amides is 1. The highest BCUT2D eigenvalue weighted by Crippen LogP contribution is 2.27. The maximum atomic E-state index is 11.4. The predicted octanol–water partition coefficient (Wildman–Crippen LogP) is 2.55. The van der Waals surface area contributed by atoms with Gasteiger partial charge in [0, 0.05) is 23.4 Å². The zero-order valence-electron chi connectivity index (χ0n) is 12.1. The van der Waals surface area contributed by atoms with Crippen molar-refractivity contribution in [3.8, 4) is 11.3 Å². The second-order valence-electron chi connectivity index (χ2n) is 4.71. The summed E-state index contributed by atoms with van der Waals surface area (Å²) in [5.41, 5.74) is 7.66. The molecule has 6 heteroatoms. The molecule has 0 aliphatic rings. The fourth-order valence-electron chi connectivity index (χ4n) is 1.88. The lowest BCUT2D eigenvalue weighted by Crippen LogP contribution is -2.39. The quantitative estimate of drug-likeness (QED) is 0.887. The molecule has 1 heterocycles. The minimum absolute atomic E-state index is 0. The highest BCUT2D eigenvalue weighted by Gasteiger charge is 2.10. The van der Waals surface area contributed by atoms with E-state index in [1.165, 1.54) is 4.88 Å². The molecule has 0 spiro atoms. The van der Waals surface area contributed by atoms with Crippen molar-refractivity contribution in [3.05, 3.63) is 40.2 Å². The van der Waals surface area contributed by atoms with Crippen LogP contribution in [0.25, 0.3) is 11.3 Å². The number of hydrogen-bond acceptors (Lipinski definition) is 4. The molecule has 0 saturated heterocycles. The predicted molar refractivity (Wildman–Crippen MR) is 89.9 cm³/mol. The topological polar surface area (TPSA) is 68.0 Å². The maximum absolute atomic E-state index is 11.4. The van der Waals surface area contributed by atoms with E-state index in [2.05, 4.69) is 29.4 Å². The Morgan fingerprint density at radius 3 is 2.67 bits per heavy atom. The van der Waals surface area contributed by atoms with E-state index in [1.807, 2.05) is 18.2 Å². The van der Waals surface area contributed by atoms with Gasteiger partial charge >= 0.3 is 0 Å². The number of hydrogen-bond donors (Lipinski definition) is 2. The molecule has 2 aromatic rings. The van der Waals surface area contributed by atoms with Crippen molar-refractivity contribution in [1.82, 2.24) is 10.3 Å². The highest BCUT2D eigenvalue weighted by atomic mass is 35.5. The number of thiazole rings is 1. The van der Waals surface area contributed by atoms with E-state index in [0.717, 1.165) is 22.7 Å². The van der Waals surface area contributed by atoms with Gasteiger partial charge in [-0.15, -0.1) is 23.7 Å². The summed E-state index contributed by atoms with van der Waals surface area (Å²) in [5, 5.41) is 3.84. The Hall–Kier alpha value is -1.43. The van der Waals surface area contributed by atoms with Crippen LogP contribution in [0.2, 0.25) is 0 Å². The fraction of sp³-hybridized carbons (Fsp3) is 0.333. The van der Waals surface area contributed by atoms with Crippen molar-refractivity contribution in [2.45, 2.75) is 26.3 Å². The van der Waals surface area contributed by atoms with Crippen LogP contribution in [0.3, 0.4) is 0 Å². The summed E-state index contributed by atoms with van der Waals surface area (Å²) in [4.78, 5) is 17.2. The molecule has 3 N–H and O–H groups in total. The van der Waals surface area contributed by atoms with Crippen LogP contribution in [0.15, 0.2) is 30.3 Å². The number of carbonyl (C=O) groups excluding carboxylic acids is 1. The SMILES string of the molecule is Cc1sc(CCNC(=O)C(C)N)nc1-c1ccccc1.Cl. The highest BCUT2D eigenvalue weighted by molar-refractivity contribution is 7.12. The Morgan fingerprint density at radius 1 is 1.38 bits per heavy atom. The Morgan fingerprint density at radius 2 is 2.05 bits per heavy atom. The van der Waals surface area contributed by atoms with Gasteiger partial charge in [-0.05, 0) is 13.8 Å². The molecule has 0 fully saturated rings. The van der Waals surface area contributed by atoms with Crippen LogP contribution >= 0.6 is 23.7 Å². The molecular formula is C15H20ClN3OS. The number of nitrogens with one attached hydrogen (secondary N) is 1. The Bertz CT molecular complexity index is 584. The van der Waals surface area contributed by atoms with E-state index >= 15 is 0 Å². The molecule has 0 aliphatic carbocycles. The van der Waals surface area contributed by atoms with Gasteiger partial charge in [-0.1, -0.05) is 30.3 Å². The zero-order valence-corrected chi connectivity index (χ0v) is 13.8. The number of carbonyl (C=O) groups is 1. The zero-order chi connectivity index (χ0) is 14.5. The third-order valence-corrected chi connectivity index (χ3v) is 3.97. The number of nitrogens with two attached hydrogens (primary N) is 1. The van der Waals surface area contributed by atoms with E-state index in [4.69, 9.17) is 5.73 Å². The van der Waals surface area contributed by atoms with Gasteiger partial charge in [0.1, 0.15) is 0 Å². The van der Waals surface area contributed by atoms with E-state index in [-0.39, 0.29) is 18.3 Å². The van der Waals surface area contributed by atoms with Gasteiger partial charge in [0.2, 0.25) is 5.91 Å². The molecule has 1 aromatic heterocycles. The standard InChI is InChI=1S/C15H19N3OS.ClH/c1-10(16)15(19)17-9-8-13-18-14(11(2)20-13)12-6-4-3-5-7-12;/h3-7,10H,8-9,16H2,1-2H3,(H,17,19);1H. The maximum Gasteiger partial charge on any atom is 0.236 e. The van der Waals surface area contributed by atoms with Crippen LogP contribution in [0, 0.1) is 6.92 Å². The largest absolute Gasteiger partial charge is 0.354 e. The Labute approximate surface area is 135 Å². The van der Waals surface area contributed by atoms with Gasteiger partial charge in [-0.25, -0.2) is 4.98 Å². The average molecular weight is 326 g/mol. The first-order chi connectivity index (χ1) is 9.58. The van der Waals surface area contributed by atoms with Crippen molar-refractivity contribution < 1.29 is 4.79 Å². The van der Waals surface area contributed by atoms with Crippen molar-refractivity contribution >= 4 is 29.7 Å². The summed E-state index contributed by atoms with van der Waals surface area (Å²) in [5.74, 6) is -0.124. The van der Waals surface area contributed by atoms with Gasteiger partial charge in [0.25, 0.3) is 0 Å². The molecule has 0 saturated carbocycles. The number of rotatable bonds is 5. The lowest BCUT2D eigenvalue weighted by atomic mass is 10.1. The van der Waals surface area contributed by atoms with Gasteiger partial charge in [0.05, 0.1) is 16.7 Å². The monoisotopic (exact) mass is 325 g/mol. The first kappa shape index (κ1) is 17.6. The van der Waals surface area contributed by atoms with E-state index in [1.54, 1.807) is 18.3 Å². The van der Waals surface area contributed by atoms with Gasteiger partial charge in [0.15, 0.2) is 0 Å². The summed E-state index contributed by atoms with van der Waals surface area (Å²) >= 11 is 1.68. The molecule has 0 aliphatic heterocycles. The van der Waals surface area contributed by atoms with Crippen LogP contribution < -0.4 is 11.1 Å². The minimum atomic E-state index is -0.465. The number of aromatic nitrogens is 1. The molecular weight excluding hydrogens is 306 g/mol. The molecule has 21 heavy (non-hydrogen) atoms. The third kappa shape index (κ3) is 4.81. The molecule has 114 valence electrons. The first-order valence-corrected chi connectivity index (χ1v) is 7.44. The molecule has 1 unspecified atom stereocenters. The summed E-state index contributed by atoms with van der Waals surface area (Å²) in [6.45, 7) is 4.32. The molecule has 0 bridgehead atoms. The van der Waals surface area contributed by atoms with Crippen molar-refractivity contribution in [2.75, 3.05) is 6.54 Å². The van der Waals surface area contributed by atoms with Crippen LogP contribution in [0.1, 0.15) is 16.8 Å². The smallest absolute Gasteiger partial charge is 0.236 e. The summed E-state index contributed by atoms with van der Waals surface area (Å²) in [7, 11) is 0. The fourth-order valence-corrected chi connectivity index (χ4v) is 2.83. The Kier molecular flexibility index (Phi) is 6.81. The van der Waals surface area contributed by atoms with Crippen LogP contribution in [-0.2, 0) is 11.2 Å². The van der Waals surface area contributed by atoms with E-state index in [0.29, 0.717) is 6.54 Å².